The fraction of sp³-hybridized carbons (Fsp3) is 0.938. The van der Waals surface area contributed by atoms with Crippen LogP contribution in [0.15, 0.2) is 0 Å². The van der Waals surface area contributed by atoms with Crippen LogP contribution in [-0.4, -0.2) is 36.4 Å². The molecule has 0 aliphatic rings. The average Bonchev–Trinajstić information content (AvgIpc) is 2.90. The second-order valence-corrected chi connectivity index (χ2v) is 10.9. The van der Waals surface area contributed by atoms with Crippen LogP contribution >= 0.6 is 0 Å². The van der Waals surface area contributed by atoms with Crippen molar-refractivity contribution >= 4 is 11.9 Å². The molecule has 0 aromatic rings. The lowest BCUT2D eigenvalue weighted by atomic mass is 10.0. The van der Waals surface area contributed by atoms with Crippen LogP contribution in [0.3, 0.4) is 0 Å². The van der Waals surface area contributed by atoms with E-state index in [2.05, 4.69) is 13.8 Å². The maximum absolute atomic E-state index is 11.9. The summed E-state index contributed by atoms with van der Waals surface area (Å²) in [5.74, 6) is -0.560. The molecule has 1 N–H and O–H groups in total. The first-order chi connectivity index (χ1) is 18.1. The van der Waals surface area contributed by atoms with Crippen molar-refractivity contribution in [2.24, 2.45) is 0 Å². The van der Waals surface area contributed by atoms with Gasteiger partial charge >= 0.3 is 11.9 Å². The Hall–Kier alpha value is -1.10. The van der Waals surface area contributed by atoms with E-state index < -0.39 is 6.10 Å². The monoisotopic (exact) mass is 526 g/mol. The van der Waals surface area contributed by atoms with Crippen molar-refractivity contribution < 1.29 is 24.2 Å². The summed E-state index contributed by atoms with van der Waals surface area (Å²) in [6.45, 7) is 4.28. The second-order valence-electron chi connectivity index (χ2n) is 10.9. The SMILES string of the molecule is CCCCCCCCCCCCCCCC(=O)OCC(O)COC(=O)CCCCCCCCCCCC. The molecule has 0 rings (SSSR count). The first-order valence-electron chi connectivity index (χ1n) is 16.1. The summed E-state index contributed by atoms with van der Waals surface area (Å²) in [6, 6.07) is 0. The van der Waals surface area contributed by atoms with E-state index >= 15 is 0 Å². The second kappa shape index (κ2) is 29.5. The van der Waals surface area contributed by atoms with Gasteiger partial charge in [-0.25, -0.2) is 0 Å². The summed E-state index contributed by atoms with van der Waals surface area (Å²) in [6.07, 6.45) is 28.6. The lowest BCUT2D eigenvalue weighted by Gasteiger charge is -2.12. The van der Waals surface area contributed by atoms with Gasteiger partial charge in [0.15, 0.2) is 0 Å². The van der Waals surface area contributed by atoms with Gasteiger partial charge in [-0.3, -0.25) is 9.59 Å². The van der Waals surface area contributed by atoms with Crippen LogP contribution in [0, 0.1) is 0 Å². The number of esters is 2. The molecule has 0 saturated carbocycles. The van der Waals surface area contributed by atoms with Crippen molar-refractivity contribution in [2.45, 2.75) is 180 Å². The summed E-state index contributed by atoms with van der Waals surface area (Å²) in [4.78, 5) is 23.7. The maximum atomic E-state index is 11.9. The molecule has 0 aromatic heterocycles. The molecule has 1 atom stereocenters. The van der Waals surface area contributed by atoms with Crippen molar-refractivity contribution in [1.82, 2.24) is 0 Å². The molecule has 0 bridgehead atoms. The minimum Gasteiger partial charge on any atom is -0.463 e. The van der Waals surface area contributed by atoms with Crippen LogP contribution in [0.1, 0.15) is 174 Å². The van der Waals surface area contributed by atoms with E-state index in [9.17, 15) is 14.7 Å². The number of carbonyl (C=O) groups is 2. The third-order valence-electron chi connectivity index (χ3n) is 7.09. The van der Waals surface area contributed by atoms with Crippen molar-refractivity contribution in [2.75, 3.05) is 13.2 Å². The van der Waals surface area contributed by atoms with Gasteiger partial charge in [0.05, 0.1) is 0 Å². The minimum atomic E-state index is -0.952. The summed E-state index contributed by atoms with van der Waals surface area (Å²) in [7, 11) is 0. The highest BCUT2D eigenvalue weighted by molar-refractivity contribution is 5.69. The van der Waals surface area contributed by atoms with Crippen LogP contribution < -0.4 is 0 Å². The third-order valence-corrected chi connectivity index (χ3v) is 7.09. The van der Waals surface area contributed by atoms with Crippen molar-refractivity contribution in [3.8, 4) is 0 Å². The van der Waals surface area contributed by atoms with Gasteiger partial charge in [0.25, 0.3) is 0 Å². The van der Waals surface area contributed by atoms with E-state index in [-0.39, 0.29) is 25.2 Å². The van der Waals surface area contributed by atoms with E-state index in [0.717, 1.165) is 25.7 Å². The van der Waals surface area contributed by atoms with Crippen LogP contribution in [0.4, 0.5) is 0 Å². The molecule has 37 heavy (non-hydrogen) atoms. The van der Waals surface area contributed by atoms with E-state index in [1.807, 2.05) is 0 Å². The summed E-state index contributed by atoms with van der Waals surface area (Å²) < 4.78 is 10.3. The Morgan fingerprint density at radius 2 is 0.703 bits per heavy atom. The topological polar surface area (TPSA) is 72.8 Å². The smallest absolute Gasteiger partial charge is 0.305 e. The predicted octanol–water partition coefficient (Wildman–Crippen LogP) is 9.23. The van der Waals surface area contributed by atoms with Crippen LogP contribution in [0.25, 0.3) is 0 Å². The molecule has 0 heterocycles. The van der Waals surface area contributed by atoms with Gasteiger partial charge in [-0.05, 0) is 12.8 Å². The molecule has 220 valence electrons. The Labute approximate surface area is 229 Å². The number of hydrogen-bond acceptors (Lipinski definition) is 5. The zero-order valence-electron chi connectivity index (χ0n) is 24.7. The number of aliphatic hydroxyl groups is 1. The molecule has 5 nitrogen and oxygen atoms in total. The van der Waals surface area contributed by atoms with Gasteiger partial charge in [0.1, 0.15) is 19.3 Å². The van der Waals surface area contributed by atoms with Gasteiger partial charge < -0.3 is 14.6 Å². The van der Waals surface area contributed by atoms with Gasteiger partial charge in [0, 0.05) is 12.8 Å². The molecule has 0 aliphatic heterocycles. The zero-order valence-corrected chi connectivity index (χ0v) is 24.7. The number of ether oxygens (including phenoxy) is 2. The van der Waals surface area contributed by atoms with E-state index in [0.29, 0.717) is 12.8 Å². The molecule has 0 fully saturated rings. The highest BCUT2D eigenvalue weighted by Crippen LogP contribution is 2.14. The predicted molar refractivity (Wildman–Crippen MR) is 155 cm³/mol. The first kappa shape index (κ1) is 35.9. The largest absolute Gasteiger partial charge is 0.463 e. The Morgan fingerprint density at radius 3 is 0.973 bits per heavy atom. The van der Waals surface area contributed by atoms with Crippen LogP contribution in [0.2, 0.25) is 0 Å². The standard InChI is InChI=1S/C32H62O5/c1-3-5-7-9-11-13-15-16-17-19-21-23-25-27-32(35)37-29-30(33)28-36-31(34)26-24-22-20-18-14-12-10-8-6-4-2/h30,33H,3-29H2,1-2H3. The third kappa shape index (κ3) is 29.3. The Morgan fingerprint density at radius 1 is 0.459 bits per heavy atom. The van der Waals surface area contributed by atoms with E-state index in [4.69, 9.17) is 9.47 Å². The molecule has 0 spiro atoms. The minimum absolute atomic E-state index is 0.108. The van der Waals surface area contributed by atoms with E-state index in [1.54, 1.807) is 0 Å². The normalized spacial score (nSPS) is 12.0. The highest BCUT2D eigenvalue weighted by atomic mass is 16.6. The molecule has 0 aromatic carbocycles. The van der Waals surface area contributed by atoms with Crippen molar-refractivity contribution in [1.29, 1.82) is 0 Å². The first-order valence-corrected chi connectivity index (χ1v) is 16.1. The van der Waals surface area contributed by atoms with E-state index in [1.165, 1.54) is 122 Å². The summed E-state index contributed by atoms with van der Waals surface area (Å²) >= 11 is 0. The van der Waals surface area contributed by atoms with Gasteiger partial charge in [-0.15, -0.1) is 0 Å². The van der Waals surface area contributed by atoms with Crippen LogP contribution in [-0.2, 0) is 19.1 Å². The molecule has 0 aliphatic carbocycles. The van der Waals surface area contributed by atoms with Gasteiger partial charge in [-0.1, -0.05) is 149 Å². The number of hydrogen-bond donors (Lipinski definition) is 1. The zero-order chi connectivity index (χ0) is 27.2. The molecule has 5 heteroatoms. The lowest BCUT2D eigenvalue weighted by molar-refractivity contribution is -0.152. The summed E-state index contributed by atoms with van der Waals surface area (Å²) in [5.41, 5.74) is 0. The number of rotatable bonds is 29. The summed E-state index contributed by atoms with van der Waals surface area (Å²) in [5, 5.41) is 9.92. The molecule has 0 radical (unpaired) electrons. The molecular formula is C32H62O5. The van der Waals surface area contributed by atoms with Crippen molar-refractivity contribution in [3.63, 3.8) is 0 Å². The number of carbonyl (C=O) groups excluding carboxylic acids is 2. The fourth-order valence-corrected chi connectivity index (χ4v) is 4.61. The highest BCUT2D eigenvalue weighted by Gasteiger charge is 2.12. The number of unbranched alkanes of at least 4 members (excludes halogenated alkanes) is 21. The molecular weight excluding hydrogens is 464 g/mol. The van der Waals surface area contributed by atoms with Crippen molar-refractivity contribution in [3.05, 3.63) is 0 Å². The maximum Gasteiger partial charge on any atom is 0.305 e. The molecule has 1 unspecified atom stereocenters. The van der Waals surface area contributed by atoms with Crippen LogP contribution in [0.5, 0.6) is 0 Å². The molecule has 0 amide bonds. The van der Waals surface area contributed by atoms with Gasteiger partial charge in [-0.2, -0.15) is 0 Å². The average molecular weight is 527 g/mol. The Bertz CT molecular complexity index is 494. The van der Waals surface area contributed by atoms with Gasteiger partial charge in [0.2, 0.25) is 0 Å². The Kier molecular flexibility index (Phi) is 28.6. The quantitative estimate of drug-likeness (QED) is 0.0776. The fourth-order valence-electron chi connectivity index (χ4n) is 4.61. The lowest BCUT2D eigenvalue weighted by Crippen LogP contribution is -2.25. The Balaban J connectivity index is 3.41. The molecule has 0 saturated heterocycles. The number of aliphatic hydroxyl groups excluding tert-OH is 1.